The van der Waals surface area contributed by atoms with Crippen LogP contribution in [-0.4, -0.2) is 32.9 Å². The molecule has 1 heterocycles. The Morgan fingerprint density at radius 3 is 2.61 bits per heavy atom. The number of rotatable bonds is 7. The number of halogens is 1. The second-order valence-electron chi connectivity index (χ2n) is 5.71. The molecule has 3 rings (SSSR count). The Bertz CT molecular complexity index is 925. The minimum absolute atomic E-state index is 0.188. The number of nitrogens with zero attached hydrogens (tertiary/aromatic N) is 2. The van der Waals surface area contributed by atoms with Crippen molar-refractivity contribution in [2.24, 2.45) is 0 Å². The molecule has 148 valence electrons. The number of benzene rings is 2. The van der Waals surface area contributed by atoms with Crippen molar-refractivity contribution in [3.05, 3.63) is 54.1 Å². The summed E-state index contributed by atoms with van der Waals surface area (Å²) in [5.41, 5.74) is 1.47. The van der Waals surface area contributed by atoms with Crippen molar-refractivity contribution < 1.29 is 19.0 Å². The van der Waals surface area contributed by atoms with Crippen LogP contribution in [0, 0.1) is 5.82 Å². The molecule has 0 spiro atoms. The number of hydrogen-bond acceptors (Lipinski definition) is 4. The van der Waals surface area contributed by atoms with E-state index in [4.69, 9.17) is 9.84 Å². The molecule has 0 saturated carbocycles. The summed E-state index contributed by atoms with van der Waals surface area (Å²) >= 11 is 0. The highest BCUT2D eigenvalue weighted by Crippen LogP contribution is 2.34. The van der Waals surface area contributed by atoms with Crippen LogP contribution in [-0.2, 0) is 0 Å². The van der Waals surface area contributed by atoms with Crippen molar-refractivity contribution in [3.8, 4) is 28.3 Å². The summed E-state index contributed by atoms with van der Waals surface area (Å²) in [4.78, 5) is 14.9. The predicted octanol–water partition coefficient (Wildman–Crippen LogP) is 5.18. The lowest BCUT2D eigenvalue weighted by molar-refractivity contribution is 0.0684. The molecule has 28 heavy (non-hydrogen) atoms. The monoisotopic (exact) mass is 385 g/mol. The molecule has 0 aliphatic heterocycles. The quantitative estimate of drug-likeness (QED) is 0.547. The third kappa shape index (κ3) is 4.94. The Balaban J connectivity index is 0.00000136. The van der Waals surface area contributed by atoms with Gasteiger partial charge in [0.1, 0.15) is 11.6 Å². The van der Waals surface area contributed by atoms with Crippen LogP contribution in [0.5, 0.6) is 5.75 Å². The zero-order valence-corrected chi connectivity index (χ0v) is 16.2. The molecule has 7 heteroatoms. The van der Waals surface area contributed by atoms with Gasteiger partial charge in [-0.2, -0.15) is 5.10 Å². The van der Waals surface area contributed by atoms with Gasteiger partial charge in [0, 0.05) is 16.7 Å². The van der Waals surface area contributed by atoms with Crippen molar-refractivity contribution in [3.63, 3.8) is 0 Å². The highest BCUT2D eigenvalue weighted by molar-refractivity contribution is 5.84. The molecular weight excluding hydrogens is 361 g/mol. The average molecular weight is 385 g/mol. The molecule has 2 N–H and O–H groups in total. The Labute approximate surface area is 163 Å². The number of para-hydroxylation sites is 1. The fourth-order valence-electron chi connectivity index (χ4n) is 2.50. The molecule has 0 unspecified atom stereocenters. The molecule has 0 radical (unpaired) electrons. The number of nitrogens with one attached hydrogen (secondary N) is 1. The highest BCUT2D eigenvalue weighted by Gasteiger charge is 2.15. The standard InChI is InChI=1S/C19H18FN3O3.C2H6/c1-2-3-10-26-16-7-5-4-6-13(16)14-11-12(8-9-15(14)20)17-21-18(19(24)25)23-22-17;1-2/h4-9,11H,2-3,10H2,1H3,(H,24,25)(H,21,22,23);1-2H3. The van der Waals surface area contributed by atoms with E-state index >= 15 is 0 Å². The first-order valence-corrected chi connectivity index (χ1v) is 9.28. The number of aromatic nitrogens is 3. The lowest BCUT2D eigenvalue weighted by Crippen LogP contribution is -1.99. The Morgan fingerprint density at radius 1 is 1.18 bits per heavy atom. The maximum atomic E-state index is 14.5. The predicted molar refractivity (Wildman–Crippen MR) is 106 cm³/mol. The first-order valence-electron chi connectivity index (χ1n) is 9.28. The van der Waals surface area contributed by atoms with Crippen molar-refractivity contribution in [2.45, 2.75) is 33.6 Å². The second kappa shape index (κ2) is 10.2. The molecule has 0 fully saturated rings. The van der Waals surface area contributed by atoms with Crippen molar-refractivity contribution >= 4 is 5.97 Å². The lowest BCUT2D eigenvalue weighted by Gasteiger charge is -2.12. The Hall–Kier alpha value is -3.22. The van der Waals surface area contributed by atoms with Crippen LogP contribution in [0.15, 0.2) is 42.5 Å². The molecule has 1 aromatic heterocycles. The van der Waals surface area contributed by atoms with E-state index < -0.39 is 11.8 Å². The smallest absolute Gasteiger partial charge is 0.373 e. The number of carboxylic acids is 1. The number of carboxylic acid groups (broad SMARTS) is 1. The normalized spacial score (nSPS) is 10.1. The minimum Gasteiger partial charge on any atom is -0.493 e. The maximum Gasteiger partial charge on any atom is 0.373 e. The van der Waals surface area contributed by atoms with Gasteiger partial charge in [0.2, 0.25) is 5.82 Å². The summed E-state index contributed by atoms with van der Waals surface area (Å²) < 4.78 is 20.3. The highest BCUT2D eigenvalue weighted by atomic mass is 19.1. The van der Waals surface area contributed by atoms with Gasteiger partial charge in [-0.1, -0.05) is 45.4 Å². The summed E-state index contributed by atoms with van der Waals surface area (Å²) in [6.07, 6.45) is 1.91. The Kier molecular flexibility index (Phi) is 7.68. The van der Waals surface area contributed by atoms with Gasteiger partial charge in [0.25, 0.3) is 0 Å². The largest absolute Gasteiger partial charge is 0.493 e. The number of carbonyl (C=O) groups is 1. The van der Waals surface area contributed by atoms with Crippen LogP contribution in [0.4, 0.5) is 4.39 Å². The SMILES string of the molecule is CC.CCCCOc1ccccc1-c1cc(-c2n[nH]c(C(=O)O)n2)ccc1F. The molecule has 2 aromatic carbocycles. The fraction of sp³-hybridized carbons (Fsp3) is 0.286. The number of ether oxygens (including phenoxy) is 1. The summed E-state index contributed by atoms with van der Waals surface area (Å²) in [5.74, 6) is -1.10. The third-order valence-corrected chi connectivity index (χ3v) is 3.85. The van der Waals surface area contributed by atoms with Gasteiger partial charge in [-0.05, 0) is 30.7 Å². The van der Waals surface area contributed by atoms with E-state index in [0.717, 1.165) is 12.8 Å². The molecule has 0 aliphatic rings. The number of aromatic amines is 1. The minimum atomic E-state index is -1.21. The number of H-pyrrole nitrogens is 1. The van der Waals surface area contributed by atoms with E-state index in [1.807, 2.05) is 26.0 Å². The topological polar surface area (TPSA) is 88.1 Å². The van der Waals surface area contributed by atoms with E-state index in [0.29, 0.717) is 29.0 Å². The van der Waals surface area contributed by atoms with Crippen molar-refractivity contribution in [1.82, 2.24) is 15.2 Å². The van der Waals surface area contributed by atoms with E-state index in [-0.39, 0.29) is 11.6 Å². The number of unbranched alkanes of at least 4 members (excludes halogenated alkanes) is 1. The lowest BCUT2D eigenvalue weighted by atomic mass is 10.0. The fourth-order valence-corrected chi connectivity index (χ4v) is 2.50. The summed E-state index contributed by atoms with van der Waals surface area (Å²) in [5, 5.41) is 15.2. The van der Waals surface area contributed by atoms with Gasteiger partial charge >= 0.3 is 5.97 Å². The van der Waals surface area contributed by atoms with Crippen LogP contribution in [0.1, 0.15) is 44.2 Å². The molecule has 0 amide bonds. The van der Waals surface area contributed by atoms with Crippen LogP contribution in [0.25, 0.3) is 22.5 Å². The Morgan fingerprint density at radius 2 is 1.93 bits per heavy atom. The zero-order chi connectivity index (χ0) is 20.5. The second-order valence-corrected chi connectivity index (χ2v) is 5.71. The molecule has 0 atom stereocenters. The molecule has 0 aliphatic carbocycles. The van der Waals surface area contributed by atoms with E-state index in [1.165, 1.54) is 12.1 Å². The van der Waals surface area contributed by atoms with Gasteiger partial charge in [-0.25, -0.2) is 14.2 Å². The molecule has 0 saturated heterocycles. The summed E-state index contributed by atoms with van der Waals surface area (Å²) in [7, 11) is 0. The maximum absolute atomic E-state index is 14.5. The summed E-state index contributed by atoms with van der Waals surface area (Å²) in [6, 6.07) is 11.6. The van der Waals surface area contributed by atoms with Gasteiger partial charge in [-0.3, -0.25) is 5.10 Å². The average Bonchev–Trinajstić information content (AvgIpc) is 3.21. The van der Waals surface area contributed by atoms with Crippen LogP contribution in [0.2, 0.25) is 0 Å². The molecule has 3 aromatic rings. The number of aromatic carboxylic acids is 1. The van der Waals surface area contributed by atoms with E-state index in [1.54, 1.807) is 18.2 Å². The van der Waals surface area contributed by atoms with Crippen LogP contribution >= 0.6 is 0 Å². The van der Waals surface area contributed by atoms with Crippen molar-refractivity contribution in [2.75, 3.05) is 6.61 Å². The zero-order valence-electron chi connectivity index (χ0n) is 16.2. The van der Waals surface area contributed by atoms with E-state index in [9.17, 15) is 9.18 Å². The molecule has 6 nitrogen and oxygen atoms in total. The molecule has 0 bridgehead atoms. The van der Waals surface area contributed by atoms with Gasteiger partial charge < -0.3 is 9.84 Å². The van der Waals surface area contributed by atoms with Crippen LogP contribution in [0.3, 0.4) is 0 Å². The van der Waals surface area contributed by atoms with Gasteiger partial charge in [0.15, 0.2) is 5.82 Å². The van der Waals surface area contributed by atoms with Crippen LogP contribution < -0.4 is 4.74 Å². The first-order chi connectivity index (χ1) is 13.6. The van der Waals surface area contributed by atoms with E-state index in [2.05, 4.69) is 22.1 Å². The van der Waals surface area contributed by atoms with Gasteiger partial charge in [0.05, 0.1) is 6.61 Å². The molecular formula is C21H24FN3O3. The van der Waals surface area contributed by atoms with Gasteiger partial charge in [-0.15, -0.1) is 0 Å². The summed E-state index contributed by atoms with van der Waals surface area (Å²) in [6.45, 7) is 6.62. The third-order valence-electron chi connectivity index (χ3n) is 3.85. The number of hydrogen-bond donors (Lipinski definition) is 2. The first kappa shape index (κ1) is 21.1. The van der Waals surface area contributed by atoms with Crippen molar-refractivity contribution in [1.29, 1.82) is 0 Å².